The highest BCUT2D eigenvalue weighted by atomic mass is 16.7. The molecule has 7 heteroatoms. The molecule has 0 atom stereocenters. The number of rotatable bonds is 5. The van der Waals surface area contributed by atoms with Crippen molar-refractivity contribution >= 4 is 11.5 Å². The third-order valence-corrected chi connectivity index (χ3v) is 3.45. The molecule has 114 valence electrons. The number of hydrogen-bond acceptors (Lipinski definition) is 6. The number of fused-ring (bicyclic) bond motifs is 1. The first-order valence-corrected chi connectivity index (χ1v) is 6.92. The maximum Gasteiger partial charge on any atom is 0.311 e. The van der Waals surface area contributed by atoms with Crippen LogP contribution in [-0.2, 0) is 6.54 Å². The lowest BCUT2D eigenvalue weighted by Gasteiger charge is -2.21. The minimum absolute atomic E-state index is 0.00472. The molecule has 0 fully saturated rings. The SMILES string of the molecule is CCN(Cc1ccc2c(c1)OCO2)c1ncccc1[N+](=O)[O-]. The van der Waals surface area contributed by atoms with Crippen LogP contribution in [0.1, 0.15) is 12.5 Å². The van der Waals surface area contributed by atoms with Gasteiger partial charge in [-0.1, -0.05) is 6.07 Å². The second kappa shape index (κ2) is 5.88. The summed E-state index contributed by atoms with van der Waals surface area (Å²) in [5.41, 5.74) is 0.983. The van der Waals surface area contributed by atoms with Crippen molar-refractivity contribution in [3.05, 3.63) is 52.2 Å². The molecule has 7 nitrogen and oxygen atoms in total. The van der Waals surface area contributed by atoms with Crippen molar-refractivity contribution in [3.8, 4) is 11.5 Å². The van der Waals surface area contributed by atoms with Crippen molar-refractivity contribution in [2.75, 3.05) is 18.2 Å². The van der Waals surface area contributed by atoms with Crippen molar-refractivity contribution in [2.24, 2.45) is 0 Å². The predicted molar refractivity (Wildman–Crippen MR) is 80.2 cm³/mol. The fourth-order valence-corrected chi connectivity index (χ4v) is 2.37. The first kappa shape index (κ1) is 14.1. The number of pyridine rings is 1. The van der Waals surface area contributed by atoms with Crippen LogP contribution >= 0.6 is 0 Å². The lowest BCUT2D eigenvalue weighted by Crippen LogP contribution is -2.24. The number of ether oxygens (including phenoxy) is 2. The number of nitrogens with zero attached hydrogens (tertiary/aromatic N) is 3. The number of anilines is 1. The number of hydrogen-bond donors (Lipinski definition) is 0. The average Bonchev–Trinajstić information content (AvgIpc) is 3.00. The maximum atomic E-state index is 11.2. The largest absolute Gasteiger partial charge is 0.454 e. The van der Waals surface area contributed by atoms with Crippen LogP contribution in [0.4, 0.5) is 11.5 Å². The fourth-order valence-electron chi connectivity index (χ4n) is 2.37. The van der Waals surface area contributed by atoms with Gasteiger partial charge < -0.3 is 14.4 Å². The fraction of sp³-hybridized carbons (Fsp3) is 0.267. The minimum atomic E-state index is -0.412. The molecule has 0 bridgehead atoms. The van der Waals surface area contributed by atoms with Crippen LogP contribution in [0, 0.1) is 10.1 Å². The van der Waals surface area contributed by atoms with Crippen molar-refractivity contribution < 1.29 is 14.4 Å². The highest BCUT2D eigenvalue weighted by molar-refractivity contribution is 5.57. The van der Waals surface area contributed by atoms with Crippen LogP contribution in [-0.4, -0.2) is 23.2 Å². The van der Waals surface area contributed by atoms with E-state index in [0.717, 1.165) is 11.3 Å². The molecule has 0 aliphatic carbocycles. The zero-order valence-corrected chi connectivity index (χ0v) is 12.1. The summed E-state index contributed by atoms with van der Waals surface area (Å²) >= 11 is 0. The average molecular weight is 301 g/mol. The zero-order chi connectivity index (χ0) is 15.5. The second-order valence-electron chi connectivity index (χ2n) is 4.81. The summed E-state index contributed by atoms with van der Waals surface area (Å²) in [5, 5.41) is 11.2. The molecule has 0 amide bonds. The van der Waals surface area contributed by atoms with Crippen LogP contribution in [0.15, 0.2) is 36.5 Å². The minimum Gasteiger partial charge on any atom is -0.454 e. The quantitative estimate of drug-likeness (QED) is 0.624. The molecule has 0 saturated heterocycles. The van der Waals surface area contributed by atoms with Crippen molar-refractivity contribution in [1.82, 2.24) is 4.98 Å². The van der Waals surface area contributed by atoms with Gasteiger partial charge in [0.25, 0.3) is 0 Å². The first-order valence-electron chi connectivity index (χ1n) is 6.92. The summed E-state index contributed by atoms with van der Waals surface area (Å²) in [6, 6.07) is 8.68. The molecule has 0 unspecified atom stereocenters. The number of benzene rings is 1. The lowest BCUT2D eigenvalue weighted by atomic mass is 10.2. The van der Waals surface area contributed by atoms with E-state index >= 15 is 0 Å². The van der Waals surface area contributed by atoms with Gasteiger partial charge in [-0.3, -0.25) is 10.1 Å². The molecule has 1 aromatic heterocycles. The molecule has 2 aromatic rings. The van der Waals surface area contributed by atoms with E-state index in [2.05, 4.69) is 4.98 Å². The van der Waals surface area contributed by atoms with Crippen LogP contribution in [0.25, 0.3) is 0 Å². The van der Waals surface area contributed by atoms with E-state index in [1.165, 1.54) is 6.07 Å². The Morgan fingerprint density at radius 1 is 1.32 bits per heavy atom. The topological polar surface area (TPSA) is 77.7 Å². The molecule has 2 heterocycles. The molecule has 0 saturated carbocycles. The predicted octanol–water partition coefficient (Wildman–Crippen LogP) is 2.75. The molecular weight excluding hydrogens is 286 g/mol. The van der Waals surface area contributed by atoms with Gasteiger partial charge in [0.2, 0.25) is 12.6 Å². The van der Waals surface area contributed by atoms with Crippen LogP contribution < -0.4 is 14.4 Å². The molecule has 1 aromatic carbocycles. The molecule has 3 rings (SSSR count). The molecule has 0 radical (unpaired) electrons. The summed E-state index contributed by atoms with van der Waals surface area (Å²) < 4.78 is 10.6. The van der Waals surface area contributed by atoms with E-state index in [1.807, 2.05) is 30.0 Å². The first-order chi connectivity index (χ1) is 10.7. The van der Waals surface area contributed by atoms with E-state index in [9.17, 15) is 10.1 Å². The third-order valence-electron chi connectivity index (χ3n) is 3.45. The highest BCUT2D eigenvalue weighted by Crippen LogP contribution is 2.33. The Labute approximate surface area is 127 Å². The van der Waals surface area contributed by atoms with Crippen LogP contribution in [0.5, 0.6) is 11.5 Å². The van der Waals surface area contributed by atoms with Crippen molar-refractivity contribution in [2.45, 2.75) is 13.5 Å². The highest BCUT2D eigenvalue weighted by Gasteiger charge is 2.20. The van der Waals surface area contributed by atoms with Crippen LogP contribution in [0.3, 0.4) is 0 Å². The molecule has 1 aliphatic heterocycles. The summed E-state index contributed by atoms with van der Waals surface area (Å²) in [4.78, 5) is 16.8. The van der Waals surface area contributed by atoms with Gasteiger partial charge in [-0.15, -0.1) is 0 Å². The Balaban J connectivity index is 1.88. The molecule has 1 aliphatic rings. The number of aromatic nitrogens is 1. The Morgan fingerprint density at radius 3 is 2.91 bits per heavy atom. The summed E-state index contributed by atoms with van der Waals surface area (Å²) in [6.07, 6.45) is 1.56. The van der Waals surface area contributed by atoms with Gasteiger partial charge >= 0.3 is 5.69 Å². The Kier molecular flexibility index (Phi) is 3.78. The van der Waals surface area contributed by atoms with Gasteiger partial charge in [-0.2, -0.15) is 0 Å². The van der Waals surface area contributed by atoms with Gasteiger partial charge in [0, 0.05) is 25.4 Å². The van der Waals surface area contributed by atoms with Gasteiger partial charge in [0.05, 0.1) is 4.92 Å². The van der Waals surface area contributed by atoms with E-state index in [0.29, 0.717) is 24.7 Å². The Bertz CT molecular complexity index is 705. The van der Waals surface area contributed by atoms with Crippen LogP contribution in [0.2, 0.25) is 0 Å². The molecular formula is C15H15N3O4. The normalized spacial score (nSPS) is 12.2. The van der Waals surface area contributed by atoms with E-state index < -0.39 is 4.92 Å². The van der Waals surface area contributed by atoms with Gasteiger partial charge in [0.1, 0.15) is 0 Å². The summed E-state index contributed by atoms with van der Waals surface area (Å²) in [6.45, 7) is 3.27. The lowest BCUT2D eigenvalue weighted by molar-refractivity contribution is -0.384. The van der Waals surface area contributed by atoms with E-state index in [-0.39, 0.29) is 12.5 Å². The Morgan fingerprint density at radius 2 is 2.14 bits per heavy atom. The van der Waals surface area contributed by atoms with E-state index in [4.69, 9.17) is 9.47 Å². The summed E-state index contributed by atoms with van der Waals surface area (Å²) in [7, 11) is 0. The molecule has 22 heavy (non-hydrogen) atoms. The molecule has 0 spiro atoms. The van der Waals surface area contributed by atoms with Gasteiger partial charge in [-0.05, 0) is 30.7 Å². The molecule has 0 N–H and O–H groups in total. The maximum absolute atomic E-state index is 11.2. The van der Waals surface area contributed by atoms with E-state index in [1.54, 1.807) is 12.3 Å². The van der Waals surface area contributed by atoms with Crippen molar-refractivity contribution in [3.63, 3.8) is 0 Å². The monoisotopic (exact) mass is 301 g/mol. The standard InChI is InChI=1S/C15H15N3O4/c1-2-17(15-12(18(19)20)4-3-7-16-15)9-11-5-6-13-14(8-11)22-10-21-13/h3-8H,2,9-10H2,1H3. The van der Waals surface area contributed by atoms with Gasteiger partial charge in [0.15, 0.2) is 11.5 Å². The zero-order valence-electron chi connectivity index (χ0n) is 12.1. The number of nitro groups is 1. The smallest absolute Gasteiger partial charge is 0.311 e. The Hall–Kier alpha value is -2.83. The second-order valence-corrected chi connectivity index (χ2v) is 4.81. The van der Waals surface area contributed by atoms with Gasteiger partial charge in [-0.25, -0.2) is 4.98 Å². The third kappa shape index (κ3) is 2.65. The van der Waals surface area contributed by atoms with Crippen molar-refractivity contribution in [1.29, 1.82) is 0 Å². The summed E-state index contributed by atoms with van der Waals surface area (Å²) in [5.74, 6) is 1.78.